The summed E-state index contributed by atoms with van der Waals surface area (Å²) in [7, 11) is -8.41. The van der Waals surface area contributed by atoms with Crippen molar-refractivity contribution >= 4 is 52.2 Å². The number of alkyl carbamates (subject to hydrolysis) is 1. The lowest BCUT2D eigenvalue weighted by Gasteiger charge is -2.30. The van der Waals surface area contributed by atoms with Gasteiger partial charge >= 0.3 is 12.1 Å². The van der Waals surface area contributed by atoms with Gasteiger partial charge in [0.15, 0.2) is 0 Å². The molecule has 0 bridgehead atoms. The minimum atomic E-state index is -4.49. The molecule has 0 spiro atoms. The van der Waals surface area contributed by atoms with Crippen LogP contribution in [0.4, 0.5) is 4.79 Å². The van der Waals surface area contributed by atoms with Crippen molar-refractivity contribution in [2.24, 2.45) is 11.8 Å². The molecule has 0 fully saturated rings. The number of benzene rings is 3. The maximum absolute atomic E-state index is 14.4. The van der Waals surface area contributed by atoms with Crippen LogP contribution in [0.15, 0.2) is 91.1 Å². The van der Waals surface area contributed by atoms with Gasteiger partial charge in [-0.3, -0.25) is 14.2 Å². The van der Waals surface area contributed by atoms with Gasteiger partial charge in [-0.15, -0.1) is 0 Å². The summed E-state index contributed by atoms with van der Waals surface area (Å²) < 4.78 is 46.5. The smallest absolute Gasteiger partial charge is 0.407 e. The van der Waals surface area contributed by atoms with Gasteiger partial charge in [0.2, 0.25) is 29.2 Å². The molecule has 1 aromatic heterocycles. The highest BCUT2D eigenvalue weighted by Crippen LogP contribution is 2.49. The first-order valence-corrected chi connectivity index (χ1v) is 22.5. The van der Waals surface area contributed by atoms with Gasteiger partial charge in [0.05, 0.1) is 6.26 Å². The molecule has 3 aromatic carbocycles. The van der Waals surface area contributed by atoms with Crippen molar-refractivity contribution in [3.63, 3.8) is 0 Å². The number of carbonyl (C=O) groups excluding carboxylic acids is 3. The molecule has 15 nitrogen and oxygen atoms in total. The molecule has 0 radical (unpaired) electrons. The zero-order valence-electron chi connectivity index (χ0n) is 32.2. The van der Waals surface area contributed by atoms with Gasteiger partial charge < -0.3 is 35.7 Å². The minimum absolute atomic E-state index is 0.00252. The first-order valence-electron chi connectivity index (χ1n) is 18.7. The van der Waals surface area contributed by atoms with Crippen LogP contribution in [0.2, 0.25) is 0 Å². The first kappa shape index (κ1) is 44.7. The Bertz CT molecular complexity index is 2110. The summed E-state index contributed by atoms with van der Waals surface area (Å²) in [5.41, 5.74) is 2.90. The van der Waals surface area contributed by atoms with Gasteiger partial charge in [0.25, 0.3) is 0 Å². The molecule has 4 aromatic rings. The molecular formula is C40H52N5O10PS. The summed E-state index contributed by atoms with van der Waals surface area (Å²) in [5.74, 6) is -5.93. The Labute approximate surface area is 332 Å². The number of amides is 3. The van der Waals surface area contributed by atoms with E-state index in [9.17, 15) is 42.2 Å². The average Bonchev–Trinajstić information content (AvgIpc) is 3.57. The fraction of sp³-hybridized carbons (Fsp3) is 0.400. The third-order valence-electron chi connectivity index (χ3n) is 9.46. The second-order valence-corrected chi connectivity index (χ2v) is 18.7. The summed E-state index contributed by atoms with van der Waals surface area (Å²) in [4.78, 5) is 66.8. The van der Waals surface area contributed by atoms with E-state index in [2.05, 4.69) is 25.7 Å². The Morgan fingerprint density at radius 1 is 0.825 bits per heavy atom. The summed E-state index contributed by atoms with van der Waals surface area (Å²) in [5, 5.41) is 18.7. The molecule has 1 heterocycles. The largest absolute Gasteiger partial charge is 0.480 e. The molecule has 308 valence electrons. The Hall–Kier alpha value is -5.02. The van der Waals surface area contributed by atoms with Crippen molar-refractivity contribution < 1.29 is 46.9 Å². The fourth-order valence-corrected chi connectivity index (χ4v) is 9.31. The van der Waals surface area contributed by atoms with Crippen molar-refractivity contribution in [2.75, 3.05) is 19.0 Å². The molecule has 0 saturated carbocycles. The number of carbonyl (C=O) groups is 4. The number of nitrogens with one attached hydrogen (secondary N) is 5. The zero-order valence-corrected chi connectivity index (χ0v) is 33.9. The third-order valence-corrected chi connectivity index (χ3v) is 12.4. The van der Waals surface area contributed by atoms with Crippen LogP contribution >= 0.6 is 7.37 Å². The van der Waals surface area contributed by atoms with E-state index in [0.717, 1.165) is 22.7 Å². The lowest BCUT2D eigenvalue weighted by molar-refractivity contribution is -0.142. The number of aromatic amines is 1. The standard InChI is InChI=1S/C40H52N5O10PS/c1-27(2)32(37(46)43-35(39(48)49)23-30-24-42-33-19-11-10-18-31(30)33)26-56(51,52)36(22-28-14-6-4-7-15-28)44-38(47)34(45-57(3,53)54)20-12-13-21-41-40(50)55-25-29-16-8-5-9-17-29/h4-11,14-19,24,27,32,34-36,42,45H,12-13,20-23,25-26H2,1-3H3,(H,41,50)(H,43,46)(H,44,47)(H,48,49)(H,51,52)/t32?,34-,35-,36?/m0/s1. The lowest BCUT2D eigenvalue weighted by atomic mass is 9.96. The van der Waals surface area contributed by atoms with Crippen molar-refractivity contribution in [3.05, 3.63) is 108 Å². The molecule has 0 aliphatic heterocycles. The maximum atomic E-state index is 14.4. The number of hydrogen-bond donors (Lipinski definition) is 7. The fourth-order valence-electron chi connectivity index (χ4n) is 6.34. The van der Waals surface area contributed by atoms with Gasteiger partial charge in [0.1, 0.15) is 24.5 Å². The summed E-state index contributed by atoms with van der Waals surface area (Å²) >= 11 is 0. The second kappa shape index (κ2) is 20.9. The van der Waals surface area contributed by atoms with Crippen LogP contribution in [-0.2, 0) is 53.2 Å². The number of rotatable bonds is 22. The molecule has 0 aliphatic rings. The van der Waals surface area contributed by atoms with Gasteiger partial charge in [-0.2, -0.15) is 0 Å². The van der Waals surface area contributed by atoms with E-state index in [1.807, 2.05) is 54.6 Å². The van der Waals surface area contributed by atoms with Gasteiger partial charge in [-0.05, 0) is 47.9 Å². The third kappa shape index (κ3) is 14.5. The number of ether oxygens (including phenoxy) is 1. The number of aliphatic carboxylic acids is 1. The van der Waals surface area contributed by atoms with Gasteiger partial charge in [-0.1, -0.05) is 92.7 Å². The molecule has 17 heteroatoms. The van der Waals surface area contributed by atoms with E-state index in [-0.39, 0.29) is 32.4 Å². The molecule has 3 amide bonds. The predicted octanol–water partition coefficient (Wildman–Crippen LogP) is 4.52. The predicted molar refractivity (Wildman–Crippen MR) is 217 cm³/mol. The van der Waals surface area contributed by atoms with Crippen molar-refractivity contribution in [1.82, 2.24) is 25.7 Å². The highest BCUT2D eigenvalue weighted by Gasteiger charge is 2.40. The summed E-state index contributed by atoms with van der Waals surface area (Å²) in [6, 6.07) is 22.4. The van der Waals surface area contributed by atoms with E-state index in [0.29, 0.717) is 24.0 Å². The number of unbranched alkanes of at least 4 members (excludes halogenated alkanes) is 1. The van der Waals surface area contributed by atoms with E-state index < -0.39 is 77.1 Å². The SMILES string of the molecule is CC(C)C(CP(=O)(O)C(Cc1ccccc1)NC(=O)[C@H](CCCCNC(=O)OCc1ccccc1)NS(C)(=O)=O)C(=O)N[C@@H](Cc1c[nH]c2ccccc12)C(=O)O. The molecule has 0 saturated heterocycles. The number of fused-ring (bicyclic) bond motifs is 1. The van der Waals surface area contributed by atoms with Crippen LogP contribution in [0.5, 0.6) is 0 Å². The quantitative estimate of drug-likeness (QED) is 0.0433. The Balaban J connectivity index is 1.44. The first-order chi connectivity index (χ1) is 27.0. The van der Waals surface area contributed by atoms with Crippen LogP contribution < -0.4 is 20.7 Å². The van der Waals surface area contributed by atoms with Gasteiger partial charge in [0, 0.05) is 48.6 Å². The van der Waals surface area contributed by atoms with Crippen LogP contribution in [0, 0.1) is 11.8 Å². The molecule has 0 aliphatic carbocycles. The van der Waals surface area contributed by atoms with Gasteiger partial charge in [-0.25, -0.2) is 22.7 Å². The normalized spacial score (nSPS) is 14.8. The second-order valence-electron chi connectivity index (χ2n) is 14.4. The van der Waals surface area contributed by atoms with Crippen LogP contribution in [0.3, 0.4) is 0 Å². The van der Waals surface area contributed by atoms with Crippen molar-refractivity contribution in [2.45, 2.75) is 70.4 Å². The van der Waals surface area contributed by atoms with E-state index >= 15 is 0 Å². The Kier molecular flexibility index (Phi) is 16.4. The highest BCUT2D eigenvalue weighted by molar-refractivity contribution is 7.88. The van der Waals surface area contributed by atoms with Crippen LogP contribution in [0.25, 0.3) is 10.9 Å². The number of aromatic nitrogens is 1. The number of H-pyrrole nitrogens is 1. The van der Waals surface area contributed by atoms with E-state index in [1.54, 1.807) is 50.4 Å². The van der Waals surface area contributed by atoms with Crippen LogP contribution in [0.1, 0.15) is 49.8 Å². The zero-order chi connectivity index (χ0) is 41.6. The monoisotopic (exact) mass is 825 g/mol. The maximum Gasteiger partial charge on any atom is 0.407 e. The molecule has 7 N–H and O–H groups in total. The van der Waals surface area contributed by atoms with Crippen LogP contribution in [-0.4, -0.2) is 84.1 Å². The number of sulfonamides is 1. The van der Waals surface area contributed by atoms with Crippen molar-refractivity contribution in [3.8, 4) is 0 Å². The lowest BCUT2D eigenvalue weighted by Crippen LogP contribution is -2.50. The Morgan fingerprint density at radius 2 is 1.46 bits per heavy atom. The van der Waals surface area contributed by atoms with E-state index in [4.69, 9.17) is 4.74 Å². The van der Waals surface area contributed by atoms with E-state index in [1.165, 1.54) is 0 Å². The number of carboxylic acid groups (broad SMARTS) is 1. The van der Waals surface area contributed by atoms with Crippen molar-refractivity contribution in [1.29, 1.82) is 0 Å². The minimum Gasteiger partial charge on any atom is -0.480 e. The Morgan fingerprint density at radius 3 is 2.09 bits per heavy atom. The molecule has 4 rings (SSSR count). The highest BCUT2D eigenvalue weighted by atomic mass is 32.2. The summed E-state index contributed by atoms with van der Waals surface area (Å²) in [6.07, 6.45) is 1.84. The molecule has 57 heavy (non-hydrogen) atoms. The topological polar surface area (TPSA) is 233 Å². The summed E-state index contributed by atoms with van der Waals surface area (Å²) in [6.45, 7) is 3.62. The number of hydrogen-bond acceptors (Lipinski definition) is 8. The average molecular weight is 826 g/mol. The number of para-hydroxylation sites is 1. The molecule has 3 unspecified atom stereocenters. The molecule has 5 atom stereocenters. The molecular weight excluding hydrogens is 774 g/mol. The number of carboxylic acids is 1.